The van der Waals surface area contributed by atoms with Crippen molar-refractivity contribution >= 4 is 28.8 Å². The molecule has 1 aromatic carbocycles. The normalized spacial score (nSPS) is 11.7. The molecular formula is C13H13F3N2S2. The van der Waals surface area contributed by atoms with Crippen LogP contribution in [0.25, 0.3) is 0 Å². The number of halogens is 3. The Balaban J connectivity index is 2.11. The van der Waals surface area contributed by atoms with Crippen LogP contribution >= 0.6 is 23.1 Å². The SMILES string of the molecule is Cc1nc(C)c(CNc2ccccc2SC(F)(F)F)s1. The van der Waals surface area contributed by atoms with Gasteiger partial charge in [0.2, 0.25) is 0 Å². The summed E-state index contributed by atoms with van der Waals surface area (Å²) in [6.07, 6.45) is 0. The number of aryl methyl sites for hydroxylation is 2. The molecule has 0 aliphatic carbocycles. The number of alkyl halides is 3. The average Bonchev–Trinajstić information content (AvgIpc) is 2.65. The summed E-state index contributed by atoms with van der Waals surface area (Å²) in [7, 11) is 0. The van der Waals surface area contributed by atoms with Crippen molar-refractivity contribution in [2.24, 2.45) is 0 Å². The maximum absolute atomic E-state index is 12.5. The molecule has 0 spiro atoms. The molecule has 2 rings (SSSR count). The van der Waals surface area contributed by atoms with Gasteiger partial charge in [-0.3, -0.25) is 0 Å². The summed E-state index contributed by atoms with van der Waals surface area (Å²) < 4.78 is 37.4. The zero-order valence-corrected chi connectivity index (χ0v) is 12.5. The summed E-state index contributed by atoms with van der Waals surface area (Å²) in [5.41, 5.74) is -2.88. The molecule has 0 bridgehead atoms. The van der Waals surface area contributed by atoms with Gasteiger partial charge in [0, 0.05) is 15.5 Å². The van der Waals surface area contributed by atoms with Gasteiger partial charge in [-0.25, -0.2) is 4.98 Å². The van der Waals surface area contributed by atoms with Gasteiger partial charge in [0.25, 0.3) is 0 Å². The topological polar surface area (TPSA) is 24.9 Å². The second-order valence-corrected chi connectivity index (χ2v) is 6.53. The first-order valence-corrected chi connectivity index (χ1v) is 7.50. The molecule has 0 unspecified atom stereocenters. The summed E-state index contributed by atoms with van der Waals surface area (Å²) in [4.78, 5) is 5.51. The highest BCUT2D eigenvalue weighted by molar-refractivity contribution is 8.00. The molecule has 0 fully saturated rings. The summed E-state index contributed by atoms with van der Waals surface area (Å²) >= 11 is 1.45. The van der Waals surface area contributed by atoms with Gasteiger partial charge in [-0.15, -0.1) is 11.3 Å². The Kier molecular flexibility index (Phi) is 4.59. The highest BCUT2D eigenvalue weighted by Crippen LogP contribution is 2.40. The van der Waals surface area contributed by atoms with Crippen LogP contribution in [0, 0.1) is 13.8 Å². The Labute approximate surface area is 123 Å². The lowest BCUT2D eigenvalue weighted by molar-refractivity contribution is -0.0327. The van der Waals surface area contributed by atoms with Crippen molar-refractivity contribution in [1.82, 2.24) is 4.98 Å². The van der Waals surface area contributed by atoms with E-state index in [0.29, 0.717) is 12.2 Å². The molecule has 0 atom stereocenters. The highest BCUT2D eigenvalue weighted by Gasteiger charge is 2.30. The Morgan fingerprint density at radius 2 is 1.95 bits per heavy atom. The number of para-hydroxylation sites is 1. The van der Waals surface area contributed by atoms with Crippen molar-refractivity contribution in [2.45, 2.75) is 30.8 Å². The zero-order valence-electron chi connectivity index (χ0n) is 10.9. The fourth-order valence-electron chi connectivity index (χ4n) is 1.74. The number of benzene rings is 1. The first-order chi connectivity index (χ1) is 9.35. The first-order valence-electron chi connectivity index (χ1n) is 5.87. The smallest absolute Gasteiger partial charge is 0.379 e. The number of rotatable bonds is 4. The van der Waals surface area contributed by atoms with Gasteiger partial charge < -0.3 is 5.32 Å². The van der Waals surface area contributed by atoms with E-state index < -0.39 is 5.51 Å². The lowest BCUT2D eigenvalue weighted by Crippen LogP contribution is -2.04. The Hall–Kier alpha value is -1.21. The van der Waals surface area contributed by atoms with Crippen LogP contribution in [0.3, 0.4) is 0 Å². The van der Waals surface area contributed by atoms with Crippen LogP contribution in [0.4, 0.5) is 18.9 Å². The summed E-state index contributed by atoms with van der Waals surface area (Å²) in [6.45, 7) is 4.29. The molecular weight excluding hydrogens is 305 g/mol. The predicted molar refractivity (Wildman–Crippen MR) is 77.3 cm³/mol. The number of thioether (sulfide) groups is 1. The predicted octanol–water partition coefficient (Wildman–Crippen LogP) is 4.98. The van der Waals surface area contributed by atoms with Crippen LogP contribution < -0.4 is 5.32 Å². The largest absolute Gasteiger partial charge is 0.446 e. The van der Waals surface area contributed by atoms with Crippen molar-refractivity contribution in [3.63, 3.8) is 0 Å². The second-order valence-electron chi connectivity index (χ2n) is 4.14. The van der Waals surface area contributed by atoms with Crippen LogP contribution in [-0.2, 0) is 6.54 Å². The molecule has 0 aliphatic rings. The zero-order chi connectivity index (χ0) is 14.8. The van der Waals surface area contributed by atoms with Gasteiger partial charge in [-0.1, -0.05) is 12.1 Å². The van der Waals surface area contributed by atoms with Crippen LogP contribution in [0.1, 0.15) is 15.6 Å². The molecule has 0 radical (unpaired) electrons. The maximum Gasteiger partial charge on any atom is 0.446 e. The van der Waals surface area contributed by atoms with Gasteiger partial charge in [-0.2, -0.15) is 13.2 Å². The van der Waals surface area contributed by atoms with Crippen LogP contribution in [0.15, 0.2) is 29.2 Å². The number of aromatic nitrogens is 1. The molecule has 0 aliphatic heterocycles. The van der Waals surface area contributed by atoms with Crippen LogP contribution in [0.5, 0.6) is 0 Å². The summed E-state index contributed by atoms with van der Waals surface area (Å²) in [5, 5.41) is 4.01. The molecule has 1 aromatic heterocycles. The number of anilines is 1. The minimum Gasteiger partial charge on any atom is -0.379 e. The number of thiazole rings is 1. The van der Waals surface area contributed by atoms with Gasteiger partial charge in [0.15, 0.2) is 0 Å². The van der Waals surface area contributed by atoms with Gasteiger partial charge in [0.05, 0.1) is 17.2 Å². The van der Waals surface area contributed by atoms with Crippen molar-refractivity contribution in [3.8, 4) is 0 Å². The third kappa shape index (κ3) is 4.14. The Morgan fingerprint density at radius 3 is 2.55 bits per heavy atom. The molecule has 20 heavy (non-hydrogen) atoms. The fourth-order valence-corrected chi connectivity index (χ4v) is 3.26. The van der Waals surface area contributed by atoms with Crippen molar-refractivity contribution < 1.29 is 13.2 Å². The van der Waals surface area contributed by atoms with Crippen molar-refractivity contribution in [1.29, 1.82) is 0 Å². The van der Waals surface area contributed by atoms with E-state index >= 15 is 0 Å². The highest BCUT2D eigenvalue weighted by atomic mass is 32.2. The van der Waals surface area contributed by atoms with Crippen molar-refractivity contribution in [3.05, 3.63) is 39.8 Å². The van der Waals surface area contributed by atoms with Crippen LogP contribution in [0.2, 0.25) is 0 Å². The lowest BCUT2D eigenvalue weighted by atomic mass is 10.3. The first kappa shape index (κ1) is 15.2. The van der Waals surface area contributed by atoms with Crippen LogP contribution in [-0.4, -0.2) is 10.5 Å². The summed E-state index contributed by atoms with van der Waals surface area (Å²) in [6, 6.07) is 6.43. The molecule has 7 heteroatoms. The molecule has 2 nitrogen and oxygen atoms in total. The Morgan fingerprint density at radius 1 is 1.25 bits per heavy atom. The maximum atomic E-state index is 12.5. The second kappa shape index (κ2) is 6.05. The van der Waals surface area contributed by atoms with E-state index in [2.05, 4.69) is 10.3 Å². The molecule has 2 aromatic rings. The van der Waals surface area contributed by atoms with Gasteiger partial charge >= 0.3 is 5.51 Å². The average molecular weight is 318 g/mol. The van der Waals surface area contributed by atoms with E-state index in [-0.39, 0.29) is 16.7 Å². The minimum absolute atomic E-state index is 0.103. The standard InChI is InChI=1S/C13H13F3N2S2/c1-8-12(19-9(2)18-8)7-17-10-5-3-4-6-11(10)20-13(14,15)16/h3-6,17H,7H2,1-2H3. The molecule has 0 saturated carbocycles. The van der Waals surface area contributed by atoms with E-state index in [1.807, 2.05) is 13.8 Å². The third-order valence-electron chi connectivity index (χ3n) is 2.55. The number of nitrogens with zero attached hydrogens (tertiary/aromatic N) is 1. The number of hydrogen-bond acceptors (Lipinski definition) is 4. The van der Waals surface area contributed by atoms with E-state index in [4.69, 9.17) is 0 Å². The molecule has 0 saturated heterocycles. The van der Waals surface area contributed by atoms with E-state index in [9.17, 15) is 13.2 Å². The van der Waals surface area contributed by atoms with Crippen molar-refractivity contribution in [2.75, 3.05) is 5.32 Å². The van der Waals surface area contributed by atoms with E-state index in [1.165, 1.54) is 6.07 Å². The number of nitrogens with one attached hydrogen (secondary N) is 1. The number of hydrogen-bond donors (Lipinski definition) is 1. The fraction of sp³-hybridized carbons (Fsp3) is 0.308. The van der Waals surface area contributed by atoms with E-state index in [1.54, 1.807) is 29.5 Å². The van der Waals surface area contributed by atoms with Gasteiger partial charge in [-0.05, 0) is 37.7 Å². The quantitative estimate of drug-likeness (QED) is 0.804. The third-order valence-corrected chi connectivity index (χ3v) is 4.43. The molecule has 0 amide bonds. The molecule has 108 valence electrons. The lowest BCUT2D eigenvalue weighted by Gasteiger charge is -2.12. The molecule has 1 heterocycles. The molecule has 1 N–H and O–H groups in total. The Bertz CT molecular complexity index is 594. The van der Waals surface area contributed by atoms with E-state index in [0.717, 1.165) is 15.6 Å². The summed E-state index contributed by atoms with van der Waals surface area (Å²) in [5.74, 6) is 0. The minimum atomic E-state index is -4.28. The van der Waals surface area contributed by atoms with Gasteiger partial charge in [0.1, 0.15) is 0 Å². The monoisotopic (exact) mass is 318 g/mol.